The Morgan fingerprint density at radius 2 is 1.79 bits per heavy atom. The molecule has 0 aliphatic carbocycles. The van der Waals surface area contributed by atoms with E-state index in [1.807, 2.05) is 31.3 Å². The van der Waals surface area contributed by atoms with Gasteiger partial charge in [-0.25, -0.2) is 14.4 Å². The van der Waals surface area contributed by atoms with Gasteiger partial charge in [0.1, 0.15) is 5.82 Å². The largest absolute Gasteiger partial charge is 0.352 e. The van der Waals surface area contributed by atoms with Crippen molar-refractivity contribution < 1.29 is 9.18 Å². The summed E-state index contributed by atoms with van der Waals surface area (Å²) in [7, 11) is 3.87. The van der Waals surface area contributed by atoms with E-state index in [4.69, 9.17) is 0 Å². The molecule has 0 aromatic carbocycles. The summed E-state index contributed by atoms with van der Waals surface area (Å²) >= 11 is 0. The van der Waals surface area contributed by atoms with Crippen molar-refractivity contribution in [2.45, 2.75) is 0 Å². The van der Waals surface area contributed by atoms with Gasteiger partial charge in [0.15, 0.2) is 11.6 Å². The Morgan fingerprint density at radius 3 is 2.55 bits per heavy atom. The predicted octanol–water partition coefficient (Wildman–Crippen LogP) is 2.57. The Balaban J connectivity index is 1.39. The zero-order chi connectivity index (χ0) is 22.9. The van der Waals surface area contributed by atoms with Crippen LogP contribution >= 0.6 is 0 Å². The van der Waals surface area contributed by atoms with Crippen LogP contribution in [-0.4, -0.2) is 68.8 Å². The van der Waals surface area contributed by atoms with Crippen LogP contribution < -0.4 is 10.2 Å². The molecule has 1 aliphatic heterocycles. The fourth-order valence-electron chi connectivity index (χ4n) is 3.85. The lowest BCUT2D eigenvalue weighted by atomic mass is 10.1. The van der Waals surface area contributed by atoms with Crippen LogP contribution in [0.3, 0.4) is 0 Å². The number of nitrogens with one attached hydrogen (secondary N) is 1. The number of likely N-dealkylation sites (N-methyl/N-ethyl adjacent to an activating group) is 1. The van der Waals surface area contributed by atoms with Gasteiger partial charge < -0.3 is 15.1 Å². The third-order valence-electron chi connectivity index (χ3n) is 5.76. The smallest absolute Gasteiger partial charge is 0.259 e. The molecule has 5 heterocycles. The lowest BCUT2D eigenvalue weighted by Gasteiger charge is -2.33. The Hall–Kier alpha value is -3.92. The number of aromatic nitrogens is 5. The van der Waals surface area contributed by atoms with Crippen molar-refractivity contribution in [2.24, 2.45) is 7.05 Å². The number of carbonyl (C=O) groups is 1. The Kier molecular flexibility index (Phi) is 5.43. The monoisotopic (exact) mass is 446 g/mol. The summed E-state index contributed by atoms with van der Waals surface area (Å²) in [5.41, 5.74) is 1.58. The minimum atomic E-state index is -0.622. The van der Waals surface area contributed by atoms with Gasteiger partial charge in [0.2, 0.25) is 0 Å². The second kappa shape index (κ2) is 8.55. The number of halogens is 1. The highest BCUT2D eigenvalue weighted by molar-refractivity contribution is 6.05. The van der Waals surface area contributed by atoms with Crippen molar-refractivity contribution in [3.05, 3.63) is 60.6 Å². The minimum Gasteiger partial charge on any atom is -0.352 e. The molecule has 9 nitrogen and oxygen atoms in total. The number of piperazine rings is 1. The van der Waals surface area contributed by atoms with E-state index < -0.39 is 11.7 Å². The minimum absolute atomic E-state index is 0.0633. The van der Waals surface area contributed by atoms with Crippen molar-refractivity contribution in [3.8, 4) is 11.3 Å². The number of pyridine rings is 3. The molecule has 1 N–H and O–H groups in total. The molecule has 0 radical (unpaired) electrons. The average molecular weight is 446 g/mol. The number of aryl methyl sites for hydroxylation is 1. The average Bonchev–Trinajstić information content (AvgIpc) is 3.25. The number of anilines is 2. The second-order valence-electron chi connectivity index (χ2n) is 8.13. The van der Waals surface area contributed by atoms with Crippen LogP contribution in [0.2, 0.25) is 0 Å². The maximum Gasteiger partial charge on any atom is 0.259 e. The van der Waals surface area contributed by atoms with Crippen LogP contribution in [0.5, 0.6) is 0 Å². The zero-order valence-corrected chi connectivity index (χ0v) is 18.4. The second-order valence-corrected chi connectivity index (χ2v) is 8.13. The topological polar surface area (TPSA) is 92.1 Å². The quantitative estimate of drug-likeness (QED) is 0.515. The molecule has 1 fully saturated rings. The van der Waals surface area contributed by atoms with E-state index in [9.17, 15) is 4.79 Å². The molecular weight excluding hydrogens is 423 g/mol. The van der Waals surface area contributed by atoms with E-state index in [0.29, 0.717) is 18.9 Å². The lowest BCUT2D eigenvalue weighted by Crippen LogP contribution is -2.45. The number of fused-ring (bicyclic) bond motifs is 1. The third-order valence-corrected chi connectivity index (χ3v) is 5.76. The Morgan fingerprint density at radius 1 is 1.00 bits per heavy atom. The van der Waals surface area contributed by atoms with Crippen molar-refractivity contribution in [1.29, 1.82) is 0 Å². The van der Waals surface area contributed by atoms with Crippen LogP contribution in [-0.2, 0) is 7.05 Å². The summed E-state index contributed by atoms with van der Waals surface area (Å²) < 4.78 is 16.9. The highest BCUT2D eigenvalue weighted by Gasteiger charge is 2.23. The first-order chi connectivity index (χ1) is 16.0. The predicted molar refractivity (Wildman–Crippen MR) is 124 cm³/mol. The Bertz CT molecular complexity index is 1330. The number of hydrogen-bond acceptors (Lipinski definition) is 7. The molecule has 1 aliphatic rings. The normalized spacial score (nSPS) is 14.6. The van der Waals surface area contributed by atoms with Gasteiger partial charge in [-0.1, -0.05) is 0 Å². The SMILES string of the molecule is CN1CCN(c2nccc(C(=O)Nc3cc4cc(-c5cnn(C)c5)ncc4cn3)c2F)CC1. The molecule has 0 spiro atoms. The lowest BCUT2D eigenvalue weighted by molar-refractivity contribution is 0.102. The van der Waals surface area contributed by atoms with Crippen molar-refractivity contribution in [1.82, 2.24) is 29.6 Å². The number of rotatable bonds is 4. The zero-order valence-electron chi connectivity index (χ0n) is 18.4. The van der Waals surface area contributed by atoms with E-state index in [0.717, 1.165) is 35.1 Å². The molecule has 33 heavy (non-hydrogen) atoms. The van der Waals surface area contributed by atoms with E-state index in [-0.39, 0.29) is 11.4 Å². The van der Waals surface area contributed by atoms with Gasteiger partial charge in [-0.15, -0.1) is 0 Å². The molecule has 0 saturated carbocycles. The molecule has 4 aromatic rings. The van der Waals surface area contributed by atoms with E-state index >= 15 is 4.39 Å². The number of nitrogens with zero attached hydrogens (tertiary/aromatic N) is 7. The standard InChI is InChI=1S/C23H23FN8O/c1-30-5-7-32(8-6-30)22-21(24)18(3-4-25-22)23(33)29-20-10-15-9-19(17-13-28-31(2)14-17)26-11-16(15)12-27-20/h3-4,9-14H,5-8H2,1-2H3,(H,27,29,33). The first-order valence-electron chi connectivity index (χ1n) is 10.6. The summed E-state index contributed by atoms with van der Waals surface area (Å²) in [6.45, 7) is 2.94. The van der Waals surface area contributed by atoms with Gasteiger partial charge in [0.05, 0.1) is 17.5 Å². The van der Waals surface area contributed by atoms with Crippen LogP contribution in [0, 0.1) is 5.82 Å². The molecule has 0 bridgehead atoms. The van der Waals surface area contributed by atoms with Gasteiger partial charge in [-0.3, -0.25) is 14.5 Å². The summed E-state index contributed by atoms with van der Waals surface area (Å²) in [6, 6.07) is 5.03. The molecule has 168 valence electrons. The van der Waals surface area contributed by atoms with Crippen LogP contribution in [0.1, 0.15) is 10.4 Å². The van der Waals surface area contributed by atoms with Gasteiger partial charge in [-0.2, -0.15) is 5.10 Å². The third kappa shape index (κ3) is 4.24. The summed E-state index contributed by atoms with van der Waals surface area (Å²) in [6.07, 6.45) is 8.43. The molecule has 0 unspecified atom stereocenters. The number of amides is 1. The van der Waals surface area contributed by atoms with Crippen LogP contribution in [0.25, 0.3) is 22.0 Å². The first kappa shape index (κ1) is 21.0. The molecule has 1 saturated heterocycles. The van der Waals surface area contributed by atoms with Gasteiger partial charge in [-0.05, 0) is 30.6 Å². The van der Waals surface area contributed by atoms with E-state index in [1.54, 1.807) is 29.3 Å². The summed E-state index contributed by atoms with van der Waals surface area (Å²) in [4.78, 5) is 29.8. The highest BCUT2D eigenvalue weighted by Crippen LogP contribution is 2.24. The number of carbonyl (C=O) groups excluding carboxylic acids is 1. The molecule has 10 heteroatoms. The van der Waals surface area contributed by atoms with Crippen LogP contribution in [0.4, 0.5) is 16.0 Å². The maximum absolute atomic E-state index is 15.2. The van der Waals surface area contributed by atoms with Crippen molar-refractivity contribution in [2.75, 3.05) is 43.4 Å². The fraction of sp³-hybridized carbons (Fsp3) is 0.261. The maximum atomic E-state index is 15.2. The van der Waals surface area contributed by atoms with Gasteiger partial charge in [0.25, 0.3) is 5.91 Å². The van der Waals surface area contributed by atoms with Gasteiger partial charge in [0, 0.05) is 69.0 Å². The molecule has 0 atom stereocenters. The molecule has 5 rings (SSSR count). The van der Waals surface area contributed by atoms with Crippen molar-refractivity contribution in [3.63, 3.8) is 0 Å². The van der Waals surface area contributed by atoms with E-state index in [2.05, 4.69) is 30.3 Å². The van der Waals surface area contributed by atoms with Crippen molar-refractivity contribution >= 4 is 28.3 Å². The molecular formula is C23H23FN8O. The van der Waals surface area contributed by atoms with Gasteiger partial charge >= 0.3 is 0 Å². The fourth-order valence-corrected chi connectivity index (χ4v) is 3.85. The number of hydrogen-bond donors (Lipinski definition) is 1. The summed E-state index contributed by atoms with van der Waals surface area (Å²) in [5, 5.41) is 8.56. The molecule has 4 aromatic heterocycles. The van der Waals surface area contributed by atoms with E-state index in [1.165, 1.54) is 12.3 Å². The summed E-state index contributed by atoms with van der Waals surface area (Å²) in [5.74, 6) is -0.662. The first-order valence-corrected chi connectivity index (χ1v) is 10.6. The Labute approximate surface area is 189 Å². The highest BCUT2D eigenvalue weighted by atomic mass is 19.1. The molecule has 1 amide bonds. The van der Waals surface area contributed by atoms with Crippen LogP contribution in [0.15, 0.2) is 49.2 Å².